The monoisotopic (exact) mass is 407 g/mol. The maximum Gasteiger partial charge on any atom is 0.310 e. The Balaban J connectivity index is 1.36. The first kappa shape index (κ1) is 19.4. The summed E-state index contributed by atoms with van der Waals surface area (Å²) in [5.41, 5.74) is 8.48. The lowest BCUT2D eigenvalue weighted by atomic mass is 10.1. The van der Waals surface area contributed by atoms with Gasteiger partial charge in [0.2, 0.25) is 11.9 Å². The lowest BCUT2D eigenvalue weighted by Gasteiger charge is -2.18. The average molecular weight is 407 g/mol. The van der Waals surface area contributed by atoms with Crippen LogP contribution in [0, 0.1) is 6.92 Å². The first-order chi connectivity index (χ1) is 14.5. The van der Waals surface area contributed by atoms with Crippen molar-refractivity contribution in [3.05, 3.63) is 59.4 Å². The topological polar surface area (TPSA) is 121 Å². The van der Waals surface area contributed by atoms with E-state index in [-0.39, 0.29) is 30.7 Å². The van der Waals surface area contributed by atoms with Crippen LogP contribution in [0.3, 0.4) is 0 Å². The highest BCUT2D eigenvalue weighted by Gasteiger charge is 2.14. The van der Waals surface area contributed by atoms with Gasteiger partial charge in [-0.3, -0.25) is 4.79 Å². The van der Waals surface area contributed by atoms with Crippen LogP contribution in [-0.2, 0) is 22.6 Å². The second-order valence-electron chi connectivity index (χ2n) is 6.74. The molecular formula is C21H21N5O4. The largest absolute Gasteiger partial charge is 0.486 e. The number of nitrogens with zero attached hydrogens (tertiary/aromatic N) is 3. The summed E-state index contributed by atoms with van der Waals surface area (Å²) in [4.78, 5) is 24.6. The molecule has 1 aliphatic heterocycles. The minimum atomic E-state index is -0.418. The molecule has 0 bridgehead atoms. The molecule has 2 heterocycles. The zero-order chi connectivity index (χ0) is 20.9. The smallest absolute Gasteiger partial charge is 0.310 e. The van der Waals surface area contributed by atoms with Crippen LogP contribution in [-0.4, -0.2) is 34.1 Å². The number of nitrogens with one attached hydrogen (secondary N) is 1. The molecule has 30 heavy (non-hydrogen) atoms. The van der Waals surface area contributed by atoms with Crippen LogP contribution < -0.4 is 20.5 Å². The Bertz CT molecular complexity index is 1060. The molecule has 0 radical (unpaired) electrons. The summed E-state index contributed by atoms with van der Waals surface area (Å²) in [5.74, 6) is 1.46. The van der Waals surface area contributed by atoms with Gasteiger partial charge in [-0.05, 0) is 36.8 Å². The Morgan fingerprint density at radius 1 is 1.07 bits per heavy atom. The number of hydrogen-bond donors (Lipinski definition) is 2. The van der Waals surface area contributed by atoms with Gasteiger partial charge in [0.15, 0.2) is 23.9 Å². The zero-order valence-electron chi connectivity index (χ0n) is 16.4. The highest BCUT2D eigenvalue weighted by molar-refractivity contribution is 5.73. The van der Waals surface area contributed by atoms with E-state index in [9.17, 15) is 4.79 Å². The molecule has 2 aromatic carbocycles. The third kappa shape index (κ3) is 4.93. The Labute approximate surface area is 173 Å². The fraction of sp³-hybridized carbons (Fsp3) is 0.238. The van der Waals surface area contributed by atoms with Crippen LogP contribution in [0.4, 0.5) is 17.6 Å². The minimum Gasteiger partial charge on any atom is -0.486 e. The second kappa shape index (κ2) is 8.64. The summed E-state index contributed by atoms with van der Waals surface area (Å²) >= 11 is 0. The number of fused-ring (bicyclic) bond motifs is 1. The van der Waals surface area contributed by atoms with Crippen LogP contribution in [0.15, 0.2) is 42.5 Å². The van der Waals surface area contributed by atoms with Crippen molar-refractivity contribution in [1.29, 1.82) is 0 Å². The first-order valence-electron chi connectivity index (χ1n) is 9.43. The third-order valence-electron chi connectivity index (χ3n) is 4.32. The highest BCUT2D eigenvalue weighted by Crippen LogP contribution is 2.30. The third-order valence-corrected chi connectivity index (χ3v) is 4.32. The van der Waals surface area contributed by atoms with Crippen molar-refractivity contribution in [3.8, 4) is 11.5 Å². The number of nitrogen functional groups attached to an aromatic ring is 1. The van der Waals surface area contributed by atoms with Gasteiger partial charge in [0, 0.05) is 5.69 Å². The Kier molecular flexibility index (Phi) is 5.60. The molecule has 3 N–H and O–H groups in total. The number of nitrogens with two attached hydrogens (primary N) is 1. The van der Waals surface area contributed by atoms with Gasteiger partial charge in [0.1, 0.15) is 13.2 Å². The number of aryl methyl sites for hydroxylation is 1. The molecule has 0 saturated heterocycles. The van der Waals surface area contributed by atoms with Gasteiger partial charge in [-0.2, -0.15) is 15.0 Å². The van der Waals surface area contributed by atoms with Gasteiger partial charge in [-0.1, -0.05) is 23.8 Å². The molecule has 3 aromatic rings. The fourth-order valence-corrected chi connectivity index (χ4v) is 2.88. The normalized spacial score (nSPS) is 12.3. The molecule has 1 aromatic heterocycles. The quantitative estimate of drug-likeness (QED) is 0.594. The number of carbonyl (C=O) groups excluding carboxylic acids is 1. The lowest BCUT2D eigenvalue weighted by Crippen LogP contribution is -2.16. The standard InChI is InChI=1S/C21H21N5O4/c1-13-2-5-15(6-3-13)23-21-25-18(24-20(22)26-21)12-30-19(27)11-14-4-7-16-17(10-14)29-9-8-28-16/h2-7,10H,8-9,11-12H2,1H3,(H3,22,23,24,25,26). The number of aromatic nitrogens is 3. The predicted molar refractivity (Wildman–Crippen MR) is 110 cm³/mol. The maximum atomic E-state index is 12.2. The van der Waals surface area contributed by atoms with Crippen molar-refractivity contribution in [2.24, 2.45) is 0 Å². The zero-order valence-corrected chi connectivity index (χ0v) is 16.4. The van der Waals surface area contributed by atoms with E-state index < -0.39 is 5.97 Å². The molecular weight excluding hydrogens is 386 g/mol. The lowest BCUT2D eigenvalue weighted by molar-refractivity contribution is -0.144. The molecule has 0 saturated carbocycles. The molecule has 9 heteroatoms. The van der Waals surface area contributed by atoms with Crippen molar-refractivity contribution in [3.63, 3.8) is 0 Å². The van der Waals surface area contributed by atoms with E-state index in [1.165, 1.54) is 0 Å². The highest BCUT2D eigenvalue weighted by atomic mass is 16.6. The summed E-state index contributed by atoms with van der Waals surface area (Å²) < 4.78 is 16.3. The van der Waals surface area contributed by atoms with E-state index in [2.05, 4.69) is 20.3 Å². The van der Waals surface area contributed by atoms with E-state index in [0.717, 1.165) is 16.8 Å². The summed E-state index contributed by atoms with van der Waals surface area (Å²) in [7, 11) is 0. The summed E-state index contributed by atoms with van der Waals surface area (Å²) in [6.07, 6.45) is 0.0890. The van der Waals surface area contributed by atoms with Gasteiger partial charge in [-0.15, -0.1) is 0 Å². The number of rotatable bonds is 6. The molecule has 0 atom stereocenters. The van der Waals surface area contributed by atoms with Crippen LogP contribution in [0.5, 0.6) is 11.5 Å². The van der Waals surface area contributed by atoms with Crippen molar-refractivity contribution in [2.75, 3.05) is 24.3 Å². The summed E-state index contributed by atoms with van der Waals surface area (Å²) in [5, 5.41) is 3.06. The number of anilines is 3. The molecule has 0 aliphatic carbocycles. The molecule has 0 amide bonds. The van der Waals surface area contributed by atoms with E-state index in [4.69, 9.17) is 19.9 Å². The van der Waals surface area contributed by atoms with Crippen LogP contribution in [0.2, 0.25) is 0 Å². The van der Waals surface area contributed by atoms with Gasteiger partial charge >= 0.3 is 5.97 Å². The Morgan fingerprint density at radius 2 is 1.83 bits per heavy atom. The molecule has 9 nitrogen and oxygen atoms in total. The van der Waals surface area contributed by atoms with Crippen molar-refractivity contribution in [2.45, 2.75) is 20.0 Å². The molecule has 0 spiro atoms. The average Bonchev–Trinajstić information content (AvgIpc) is 2.73. The molecule has 154 valence electrons. The van der Waals surface area contributed by atoms with Gasteiger partial charge in [0.25, 0.3) is 0 Å². The second-order valence-corrected chi connectivity index (χ2v) is 6.74. The molecule has 0 fully saturated rings. The van der Waals surface area contributed by atoms with Gasteiger partial charge in [0.05, 0.1) is 6.42 Å². The SMILES string of the molecule is Cc1ccc(Nc2nc(N)nc(COC(=O)Cc3ccc4c(c3)OCCO4)n2)cc1. The van der Waals surface area contributed by atoms with Crippen molar-refractivity contribution < 1.29 is 19.0 Å². The summed E-state index contributed by atoms with van der Waals surface area (Å²) in [6, 6.07) is 13.1. The number of carbonyl (C=O) groups is 1. The summed E-state index contributed by atoms with van der Waals surface area (Å²) in [6.45, 7) is 2.89. The fourth-order valence-electron chi connectivity index (χ4n) is 2.88. The van der Waals surface area contributed by atoms with Crippen LogP contribution >= 0.6 is 0 Å². The van der Waals surface area contributed by atoms with Crippen LogP contribution in [0.1, 0.15) is 17.0 Å². The van der Waals surface area contributed by atoms with E-state index in [1.54, 1.807) is 18.2 Å². The molecule has 0 unspecified atom stereocenters. The number of hydrogen-bond acceptors (Lipinski definition) is 9. The van der Waals surface area contributed by atoms with Gasteiger partial charge < -0.3 is 25.3 Å². The van der Waals surface area contributed by atoms with E-state index in [0.29, 0.717) is 24.7 Å². The molecule has 4 rings (SSSR count). The van der Waals surface area contributed by atoms with Crippen molar-refractivity contribution >= 4 is 23.6 Å². The number of esters is 1. The number of ether oxygens (including phenoxy) is 3. The van der Waals surface area contributed by atoms with Crippen molar-refractivity contribution in [1.82, 2.24) is 15.0 Å². The number of benzene rings is 2. The minimum absolute atomic E-state index is 0.0393. The maximum absolute atomic E-state index is 12.2. The van der Waals surface area contributed by atoms with Gasteiger partial charge in [-0.25, -0.2) is 0 Å². The molecule has 1 aliphatic rings. The first-order valence-corrected chi connectivity index (χ1v) is 9.43. The van der Waals surface area contributed by atoms with Crippen LogP contribution in [0.25, 0.3) is 0 Å². The van der Waals surface area contributed by atoms with E-state index in [1.807, 2.05) is 31.2 Å². The van der Waals surface area contributed by atoms with E-state index >= 15 is 0 Å². The Hall–Kier alpha value is -3.88. The Morgan fingerprint density at radius 3 is 2.63 bits per heavy atom. The predicted octanol–water partition coefficient (Wildman–Crippen LogP) is 2.56.